The summed E-state index contributed by atoms with van der Waals surface area (Å²) in [5.41, 5.74) is 0.252. The van der Waals surface area contributed by atoms with Crippen LogP contribution in [0.2, 0.25) is 0 Å². The second-order valence-electron chi connectivity index (χ2n) is 4.24. The third-order valence-corrected chi connectivity index (χ3v) is 2.97. The normalized spacial score (nSPS) is 12.0. The molecule has 102 valence electrons. The highest BCUT2D eigenvalue weighted by Crippen LogP contribution is 2.33. The van der Waals surface area contributed by atoms with E-state index < -0.39 is 17.7 Å². The smallest absolute Gasteiger partial charge is 0.416 e. The van der Waals surface area contributed by atoms with Crippen molar-refractivity contribution in [2.75, 3.05) is 0 Å². The van der Waals surface area contributed by atoms with Crippen molar-refractivity contribution in [3.63, 3.8) is 0 Å². The highest BCUT2D eigenvalue weighted by Gasteiger charge is 2.31. The summed E-state index contributed by atoms with van der Waals surface area (Å²) < 4.78 is 39.8. The second kappa shape index (κ2) is 4.60. The molecule has 1 N–H and O–H groups in total. The van der Waals surface area contributed by atoms with E-state index in [2.05, 4.69) is 0 Å². The summed E-state index contributed by atoms with van der Waals surface area (Å²) in [5, 5.41) is 9.15. The predicted octanol–water partition coefficient (Wildman–Crippen LogP) is 3.31. The third-order valence-electron chi connectivity index (χ3n) is 2.97. The molecule has 19 heavy (non-hydrogen) atoms. The number of aromatic nitrogens is 1. The number of aliphatic carboxylic acids is 1. The lowest BCUT2D eigenvalue weighted by molar-refractivity contribution is -0.137. The Morgan fingerprint density at radius 2 is 2.05 bits per heavy atom. The minimum Gasteiger partial charge on any atom is -0.481 e. The molecule has 0 radical (unpaired) electrons. The zero-order chi connectivity index (χ0) is 14.2. The highest BCUT2D eigenvalue weighted by molar-refractivity contribution is 5.88. The molecule has 0 amide bonds. The van der Waals surface area contributed by atoms with Crippen LogP contribution in [0.25, 0.3) is 10.9 Å². The first kappa shape index (κ1) is 13.5. The number of carboxylic acids is 1. The zero-order valence-electron chi connectivity index (χ0n) is 10.2. The number of nitrogens with zero attached hydrogens (tertiary/aromatic N) is 1. The molecule has 6 heteroatoms. The molecule has 3 nitrogen and oxygen atoms in total. The molecule has 0 aliphatic rings. The lowest BCUT2D eigenvalue weighted by Crippen LogP contribution is -2.05. The van der Waals surface area contributed by atoms with E-state index >= 15 is 0 Å². The van der Waals surface area contributed by atoms with Crippen LogP contribution in [0.15, 0.2) is 24.4 Å². The first-order valence-electron chi connectivity index (χ1n) is 5.73. The standard InChI is InChI=1S/C13H12F3NO2/c1-2-17-7-8(5-12(18)19)10-6-9(13(14,15)16)3-4-11(10)17/h3-4,6-7H,2,5H2,1H3,(H,18,19). The summed E-state index contributed by atoms with van der Waals surface area (Å²) in [6, 6.07) is 3.41. The van der Waals surface area contributed by atoms with Gasteiger partial charge in [0, 0.05) is 23.6 Å². The number of alkyl halides is 3. The van der Waals surface area contributed by atoms with Crippen molar-refractivity contribution in [3.05, 3.63) is 35.5 Å². The maximum atomic E-state index is 12.7. The third kappa shape index (κ3) is 2.57. The van der Waals surface area contributed by atoms with Gasteiger partial charge >= 0.3 is 12.1 Å². The summed E-state index contributed by atoms with van der Waals surface area (Å²) >= 11 is 0. The minimum atomic E-state index is -4.43. The number of fused-ring (bicyclic) bond motifs is 1. The monoisotopic (exact) mass is 271 g/mol. The summed E-state index contributed by atoms with van der Waals surface area (Å²) in [6.07, 6.45) is -3.12. The van der Waals surface area contributed by atoms with Crippen molar-refractivity contribution in [3.8, 4) is 0 Å². The van der Waals surface area contributed by atoms with Crippen LogP contribution in [0.5, 0.6) is 0 Å². The van der Waals surface area contributed by atoms with E-state index in [-0.39, 0.29) is 6.42 Å². The molecule has 0 unspecified atom stereocenters. The van der Waals surface area contributed by atoms with Crippen LogP contribution < -0.4 is 0 Å². The van der Waals surface area contributed by atoms with Crippen LogP contribution in [0.4, 0.5) is 13.2 Å². The van der Waals surface area contributed by atoms with Gasteiger partial charge in [-0.3, -0.25) is 4.79 Å². The molecule has 0 aliphatic carbocycles. The number of hydrogen-bond donors (Lipinski definition) is 1. The highest BCUT2D eigenvalue weighted by atomic mass is 19.4. The molecule has 1 aromatic carbocycles. The fourth-order valence-electron chi connectivity index (χ4n) is 2.11. The van der Waals surface area contributed by atoms with Crippen molar-refractivity contribution < 1.29 is 23.1 Å². The summed E-state index contributed by atoms with van der Waals surface area (Å²) in [6.45, 7) is 2.42. The van der Waals surface area contributed by atoms with Crippen LogP contribution >= 0.6 is 0 Å². The van der Waals surface area contributed by atoms with Gasteiger partial charge in [-0.25, -0.2) is 0 Å². The molecule has 0 spiro atoms. The fourth-order valence-corrected chi connectivity index (χ4v) is 2.11. The van der Waals surface area contributed by atoms with Gasteiger partial charge < -0.3 is 9.67 Å². The first-order valence-corrected chi connectivity index (χ1v) is 5.73. The van der Waals surface area contributed by atoms with Crippen LogP contribution in [0.3, 0.4) is 0 Å². The van der Waals surface area contributed by atoms with Gasteiger partial charge in [-0.1, -0.05) is 0 Å². The van der Waals surface area contributed by atoms with Gasteiger partial charge in [0.1, 0.15) is 0 Å². The Labute approximate surface area is 107 Å². The van der Waals surface area contributed by atoms with Crippen LogP contribution in [-0.2, 0) is 23.9 Å². The molecule has 2 aromatic rings. The first-order chi connectivity index (χ1) is 8.82. The second-order valence-corrected chi connectivity index (χ2v) is 4.24. The Balaban J connectivity index is 2.64. The van der Waals surface area contributed by atoms with Crippen molar-refractivity contribution >= 4 is 16.9 Å². The maximum absolute atomic E-state index is 12.7. The summed E-state index contributed by atoms with van der Waals surface area (Å²) in [7, 11) is 0. The number of carboxylic acid groups (broad SMARTS) is 1. The van der Waals surface area contributed by atoms with Crippen LogP contribution in [0.1, 0.15) is 18.1 Å². The van der Waals surface area contributed by atoms with Crippen LogP contribution in [-0.4, -0.2) is 15.6 Å². The van der Waals surface area contributed by atoms with Gasteiger partial charge in [0.15, 0.2) is 0 Å². The van der Waals surface area contributed by atoms with E-state index in [1.54, 1.807) is 10.8 Å². The molecule has 0 atom stereocenters. The van der Waals surface area contributed by atoms with E-state index in [1.807, 2.05) is 6.92 Å². The molecule has 0 saturated carbocycles. The maximum Gasteiger partial charge on any atom is 0.416 e. The average Bonchev–Trinajstić information content (AvgIpc) is 2.65. The molecule has 0 saturated heterocycles. The summed E-state index contributed by atoms with van der Waals surface area (Å²) in [4.78, 5) is 10.8. The molecular formula is C13H12F3NO2. The molecular weight excluding hydrogens is 259 g/mol. The molecule has 2 rings (SSSR count). The Morgan fingerprint density at radius 1 is 1.37 bits per heavy atom. The molecule has 1 heterocycles. The van der Waals surface area contributed by atoms with E-state index in [4.69, 9.17) is 5.11 Å². The number of aryl methyl sites for hydroxylation is 1. The van der Waals surface area contributed by atoms with Crippen LogP contribution in [0, 0.1) is 0 Å². The summed E-state index contributed by atoms with van der Waals surface area (Å²) in [5.74, 6) is -1.06. The van der Waals surface area contributed by atoms with Crippen molar-refractivity contribution in [1.29, 1.82) is 0 Å². The predicted molar refractivity (Wildman–Crippen MR) is 64.0 cm³/mol. The average molecular weight is 271 g/mol. The zero-order valence-corrected chi connectivity index (χ0v) is 10.2. The van der Waals surface area contributed by atoms with Gasteiger partial charge in [-0.2, -0.15) is 13.2 Å². The Kier molecular flexibility index (Phi) is 3.26. The van der Waals surface area contributed by atoms with E-state index in [1.165, 1.54) is 6.07 Å². The minimum absolute atomic E-state index is 0.287. The van der Waals surface area contributed by atoms with Gasteiger partial charge in [0.05, 0.1) is 12.0 Å². The Morgan fingerprint density at radius 3 is 2.58 bits per heavy atom. The van der Waals surface area contributed by atoms with E-state index in [9.17, 15) is 18.0 Å². The molecule has 0 bridgehead atoms. The Hall–Kier alpha value is -1.98. The topological polar surface area (TPSA) is 42.2 Å². The SMILES string of the molecule is CCn1cc(CC(=O)O)c2cc(C(F)(F)F)ccc21. The van der Waals surface area contributed by atoms with Crippen molar-refractivity contribution in [2.24, 2.45) is 0 Å². The number of carbonyl (C=O) groups is 1. The largest absolute Gasteiger partial charge is 0.481 e. The van der Waals surface area contributed by atoms with E-state index in [0.29, 0.717) is 23.0 Å². The quantitative estimate of drug-likeness (QED) is 0.930. The number of rotatable bonds is 3. The van der Waals surface area contributed by atoms with Gasteiger partial charge in [0.2, 0.25) is 0 Å². The van der Waals surface area contributed by atoms with Crippen molar-refractivity contribution in [1.82, 2.24) is 4.57 Å². The fraction of sp³-hybridized carbons (Fsp3) is 0.308. The molecule has 0 aliphatic heterocycles. The van der Waals surface area contributed by atoms with Gasteiger partial charge in [-0.05, 0) is 30.7 Å². The van der Waals surface area contributed by atoms with E-state index in [0.717, 1.165) is 12.1 Å². The number of halogens is 3. The van der Waals surface area contributed by atoms with Gasteiger partial charge in [-0.15, -0.1) is 0 Å². The Bertz CT molecular complexity index is 629. The van der Waals surface area contributed by atoms with Crippen molar-refractivity contribution in [2.45, 2.75) is 26.1 Å². The molecule has 0 fully saturated rings. The molecule has 1 aromatic heterocycles. The number of hydrogen-bond acceptors (Lipinski definition) is 1. The van der Waals surface area contributed by atoms with Gasteiger partial charge in [0.25, 0.3) is 0 Å². The lowest BCUT2D eigenvalue weighted by Gasteiger charge is -2.07. The number of benzene rings is 1. The lowest BCUT2D eigenvalue weighted by atomic mass is 10.1.